The lowest BCUT2D eigenvalue weighted by atomic mass is 10.1. The van der Waals surface area contributed by atoms with Gasteiger partial charge in [-0.2, -0.15) is 0 Å². The second-order valence-electron chi connectivity index (χ2n) is 4.41. The Morgan fingerprint density at radius 2 is 2.12 bits per heavy atom. The summed E-state index contributed by atoms with van der Waals surface area (Å²) in [7, 11) is 0. The van der Waals surface area contributed by atoms with Crippen LogP contribution in [0.25, 0.3) is 0 Å². The van der Waals surface area contributed by atoms with Gasteiger partial charge in [-0.3, -0.25) is 0 Å². The predicted octanol–water partition coefficient (Wildman–Crippen LogP) is 3.63. The van der Waals surface area contributed by atoms with E-state index in [4.69, 9.17) is 22.1 Å². The molecule has 2 N–H and O–H groups in total. The van der Waals surface area contributed by atoms with E-state index < -0.39 is 0 Å². The van der Waals surface area contributed by atoms with Crippen molar-refractivity contribution in [2.24, 2.45) is 5.73 Å². The fourth-order valence-electron chi connectivity index (χ4n) is 1.87. The number of benzene rings is 1. The van der Waals surface area contributed by atoms with Crippen LogP contribution < -0.4 is 5.73 Å². The Balaban J connectivity index is 2.05. The minimum absolute atomic E-state index is 0.0367. The number of halogens is 1. The third kappa shape index (κ3) is 3.62. The molecule has 0 bridgehead atoms. The number of hydrogen-bond acceptors (Lipinski definition) is 3. The van der Waals surface area contributed by atoms with Crippen molar-refractivity contribution >= 4 is 23.4 Å². The molecule has 0 aliphatic carbocycles. The van der Waals surface area contributed by atoms with Gasteiger partial charge in [-0.05, 0) is 37.5 Å². The summed E-state index contributed by atoms with van der Waals surface area (Å²) >= 11 is 8.14. The van der Waals surface area contributed by atoms with Gasteiger partial charge in [0.15, 0.2) is 0 Å². The van der Waals surface area contributed by atoms with Crippen LogP contribution in [0.5, 0.6) is 0 Å². The van der Waals surface area contributed by atoms with Crippen molar-refractivity contribution in [2.45, 2.75) is 36.0 Å². The molecule has 1 aromatic carbocycles. The Bertz CT molecular complexity index is 378. The van der Waals surface area contributed by atoms with Gasteiger partial charge in [0, 0.05) is 29.4 Å². The van der Waals surface area contributed by atoms with Crippen LogP contribution in [-0.4, -0.2) is 18.5 Å². The van der Waals surface area contributed by atoms with Crippen molar-refractivity contribution in [3.63, 3.8) is 0 Å². The van der Waals surface area contributed by atoms with Crippen LogP contribution in [0.3, 0.4) is 0 Å². The Morgan fingerprint density at radius 3 is 2.71 bits per heavy atom. The van der Waals surface area contributed by atoms with Crippen molar-refractivity contribution in [2.75, 3.05) is 13.2 Å². The summed E-state index contributed by atoms with van der Waals surface area (Å²) < 4.78 is 5.36. The summed E-state index contributed by atoms with van der Waals surface area (Å²) in [5.74, 6) is 0. The van der Waals surface area contributed by atoms with Gasteiger partial charge in [-0.15, -0.1) is 11.8 Å². The fourth-order valence-corrected chi connectivity index (χ4v) is 3.30. The fraction of sp³-hybridized carbons (Fsp3) is 0.538. The largest absolute Gasteiger partial charge is 0.381 e. The molecular weight excluding hydrogens is 254 g/mol. The average molecular weight is 272 g/mol. The normalized spacial score (nSPS) is 19.2. The van der Waals surface area contributed by atoms with Crippen LogP contribution in [0.15, 0.2) is 23.1 Å². The highest BCUT2D eigenvalue weighted by Crippen LogP contribution is 2.35. The first-order valence-electron chi connectivity index (χ1n) is 5.96. The maximum absolute atomic E-state index is 6.29. The van der Waals surface area contributed by atoms with E-state index >= 15 is 0 Å². The smallest absolute Gasteiger partial charge is 0.0545 e. The lowest BCUT2D eigenvalue weighted by Crippen LogP contribution is -2.17. The molecule has 2 rings (SSSR count). The highest BCUT2D eigenvalue weighted by atomic mass is 35.5. The summed E-state index contributed by atoms with van der Waals surface area (Å²) in [5.41, 5.74) is 6.92. The molecule has 0 radical (unpaired) electrons. The van der Waals surface area contributed by atoms with Crippen molar-refractivity contribution in [1.82, 2.24) is 0 Å². The van der Waals surface area contributed by atoms with E-state index in [-0.39, 0.29) is 6.04 Å². The van der Waals surface area contributed by atoms with Crippen LogP contribution in [0.4, 0.5) is 0 Å². The number of rotatable bonds is 3. The van der Waals surface area contributed by atoms with Gasteiger partial charge in [-0.1, -0.05) is 17.7 Å². The Labute approximate surface area is 112 Å². The van der Waals surface area contributed by atoms with Crippen molar-refractivity contribution in [3.8, 4) is 0 Å². The van der Waals surface area contributed by atoms with Crippen molar-refractivity contribution in [1.29, 1.82) is 0 Å². The first-order chi connectivity index (χ1) is 8.16. The van der Waals surface area contributed by atoms with E-state index in [9.17, 15) is 0 Å². The Morgan fingerprint density at radius 1 is 1.41 bits per heavy atom. The third-order valence-electron chi connectivity index (χ3n) is 2.94. The van der Waals surface area contributed by atoms with Gasteiger partial charge >= 0.3 is 0 Å². The lowest BCUT2D eigenvalue weighted by molar-refractivity contribution is 0.100. The summed E-state index contributed by atoms with van der Waals surface area (Å²) in [4.78, 5) is 1.16. The predicted molar refractivity (Wildman–Crippen MR) is 73.8 cm³/mol. The Hall–Kier alpha value is -0.220. The molecule has 1 saturated heterocycles. The zero-order valence-electron chi connectivity index (χ0n) is 9.99. The zero-order chi connectivity index (χ0) is 12.3. The molecule has 17 heavy (non-hydrogen) atoms. The Kier molecular flexibility index (Phi) is 4.74. The molecule has 1 heterocycles. The monoisotopic (exact) mass is 271 g/mol. The maximum atomic E-state index is 6.29. The van der Waals surface area contributed by atoms with Gasteiger partial charge < -0.3 is 10.5 Å². The highest BCUT2D eigenvalue weighted by Gasteiger charge is 2.16. The second-order valence-corrected chi connectivity index (χ2v) is 6.16. The SMILES string of the molecule is C[C@H](N)c1ccc(SC2CCOCC2)c(Cl)c1. The summed E-state index contributed by atoms with van der Waals surface area (Å²) in [6, 6.07) is 6.17. The molecule has 1 fully saturated rings. The molecule has 4 heteroatoms. The lowest BCUT2D eigenvalue weighted by Gasteiger charge is -2.22. The van der Waals surface area contributed by atoms with Gasteiger partial charge in [-0.25, -0.2) is 0 Å². The first kappa shape index (κ1) is 13.2. The van der Waals surface area contributed by atoms with Gasteiger partial charge in [0.05, 0.1) is 5.02 Å². The van der Waals surface area contributed by atoms with Crippen LogP contribution in [-0.2, 0) is 4.74 Å². The number of thioether (sulfide) groups is 1. The molecule has 0 amide bonds. The topological polar surface area (TPSA) is 35.2 Å². The molecule has 1 aliphatic heterocycles. The number of ether oxygens (including phenoxy) is 1. The van der Waals surface area contributed by atoms with E-state index in [2.05, 4.69) is 12.1 Å². The minimum Gasteiger partial charge on any atom is -0.381 e. The molecule has 94 valence electrons. The zero-order valence-corrected chi connectivity index (χ0v) is 11.6. The molecule has 0 spiro atoms. The molecule has 0 saturated carbocycles. The van der Waals surface area contributed by atoms with Gasteiger partial charge in [0.1, 0.15) is 0 Å². The highest BCUT2D eigenvalue weighted by molar-refractivity contribution is 8.00. The number of nitrogens with two attached hydrogens (primary N) is 1. The van der Waals surface area contributed by atoms with E-state index in [1.807, 2.05) is 24.8 Å². The van der Waals surface area contributed by atoms with E-state index in [1.165, 1.54) is 0 Å². The molecule has 1 aromatic rings. The molecule has 1 atom stereocenters. The molecule has 2 nitrogen and oxygen atoms in total. The molecule has 0 aromatic heterocycles. The average Bonchev–Trinajstić information content (AvgIpc) is 2.33. The van der Waals surface area contributed by atoms with Crippen LogP contribution in [0.1, 0.15) is 31.4 Å². The minimum atomic E-state index is 0.0367. The summed E-state index contributed by atoms with van der Waals surface area (Å²) in [6.07, 6.45) is 2.21. The van der Waals surface area contributed by atoms with Crippen LogP contribution in [0.2, 0.25) is 5.02 Å². The van der Waals surface area contributed by atoms with E-state index in [0.29, 0.717) is 5.25 Å². The summed E-state index contributed by atoms with van der Waals surface area (Å²) in [5, 5.41) is 1.44. The third-order valence-corrected chi connectivity index (χ3v) is 4.78. The second kappa shape index (κ2) is 6.10. The van der Waals surface area contributed by atoms with Crippen LogP contribution >= 0.6 is 23.4 Å². The molecule has 1 aliphatic rings. The first-order valence-corrected chi connectivity index (χ1v) is 7.22. The molecule has 0 unspecified atom stereocenters. The standard InChI is InChI=1S/C13H18ClNOS/c1-9(15)10-2-3-13(12(14)8-10)17-11-4-6-16-7-5-11/h2-3,8-9,11H,4-7,15H2,1H3/t9-/m0/s1. The van der Waals surface area contributed by atoms with Gasteiger partial charge in [0.2, 0.25) is 0 Å². The summed E-state index contributed by atoms with van der Waals surface area (Å²) in [6.45, 7) is 3.71. The van der Waals surface area contributed by atoms with Crippen molar-refractivity contribution in [3.05, 3.63) is 28.8 Å². The number of hydrogen-bond donors (Lipinski definition) is 1. The molecular formula is C13H18ClNOS. The van der Waals surface area contributed by atoms with Crippen LogP contribution in [0, 0.1) is 0 Å². The van der Waals surface area contributed by atoms with E-state index in [0.717, 1.165) is 41.5 Å². The van der Waals surface area contributed by atoms with Gasteiger partial charge in [0.25, 0.3) is 0 Å². The van der Waals surface area contributed by atoms with Crippen molar-refractivity contribution < 1.29 is 4.74 Å². The van der Waals surface area contributed by atoms with E-state index in [1.54, 1.807) is 0 Å². The quantitative estimate of drug-likeness (QED) is 0.912. The maximum Gasteiger partial charge on any atom is 0.0545 e.